The molecule has 0 saturated carbocycles. The molecule has 2 aliphatic heterocycles. The van der Waals surface area contributed by atoms with Crippen LogP contribution in [-0.2, 0) is 20.9 Å². The standard InChI is InChI=1S/C23H19N3O4S2/c1-12-7-9-14(10-8-12)24-15(27)11-26-22-19(32-23(26)30)16(13-5-3-2-4-6-13)17-18(31-22)21(29)25-20(17)28/h2-10,16-18H,11H2,1H3,(H,24,27)(H,25,28,29)/t16-,17?,18?/m0/s1. The van der Waals surface area contributed by atoms with E-state index in [0.717, 1.165) is 27.3 Å². The van der Waals surface area contributed by atoms with Gasteiger partial charge in [0, 0.05) is 16.5 Å². The fourth-order valence-corrected chi connectivity index (χ4v) is 6.92. The molecule has 0 aliphatic carbocycles. The van der Waals surface area contributed by atoms with Crippen LogP contribution in [0.2, 0.25) is 0 Å². The Balaban J connectivity index is 1.52. The number of benzene rings is 2. The van der Waals surface area contributed by atoms with Crippen molar-refractivity contribution in [3.63, 3.8) is 0 Å². The van der Waals surface area contributed by atoms with E-state index >= 15 is 0 Å². The van der Waals surface area contributed by atoms with Gasteiger partial charge in [-0.05, 0) is 24.6 Å². The maximum atomic E-state index is 12.9. The average Bonchev–Trinajstić information content (AvgIpc) is 3.24. The third-order valence-corrected chi connectivity index (χ3v) is 8.30. The zero-order valence-electron chi connectivity index (χ0n) is 17.0. The van der Waals surface area contributed by atoms with Gasteiger partial charge in [-0.2, -0.15) is 0 Å². The van der Waals surface area contributed by atoms with Crippen molar-refractivity contribution < 1.29 is 14.4 Å². The van der Waals surface area contributed by atoms with Crippen molar-refractivity contribution in [3.8, 4) is 0 Å². The fraction of sp³-hybridized carbons (Fsp3) is 0.217. The maximum Gasteiger partial charge on any atom is 0.308 e. The van der Waals surface area contributed by atoms with Gasteiger partial charge < -0.3 is 5.32 Å². The Hall–Kier alpha value is -3.17. The first kappa shape index (κ1) is 20.7. The first-order valence-corrected chi connectivity index (χ1v) is 11.8. The second-order valence-electron chi connectivity index (χ2n) is 7.84. The van der Waals surface area contributed by atoms with Crippen molar-refractivity contribution in [2.75, 3.05) is 5.32 Å². The van der Waals surface area contributed by atoms with Crippen LogP contribution < -0.4 is 15.5 Å². The smallest absolute Gasteiger partial charge is 0.308 e. The Labute approximate surface area is 191 Å². The molecule has 0 spiro atoms. The Kier molecular flexibility index (Phi) is 5.22. The van der Waals surface area contributed by atoms with Gasteiger partial charge in [0.2, 0.25) is 17.7 Å². The number of amides is 3. The third-order valence-electron chi connectivity index (χ3n) is 5.68. The molecule has 3 amide bonds. The van der Waals surface area contributed by atoms with E-state index in [9.17, 15) is 19.2 Å². The number of anilines is 1. The molecule has 3 atom stereocenters. The molecule has 9 heteroatoms. The number of carbonyl (C=O) groups excluding carboxylic acids is 3. The van der Waals surface area contributed by atoms with Crippen molar-refractivity contribution in [1.29, 1.82) is 0 Å². The van der Waals surface area contributed by atoms with Gasteiger partial charge in [0.15, 0.2) is 0 Å². The second-order valence-corrected chi connectivity index (χ2v) is 9.97. The monoisotopic (exact) mass is 465 g/mol. The Morgan fingerprint density at radius 2 is 1.75 bits per heavy atom. The summed E-state index contributed by atoms with van der Waals surface area (Å²) in [5.74, 6) is -2.01. The van der Waals surface area contributed by atoms with Gasteiger partial charge >= 0.3 is 4.87 Å². The van der Waals surface area contributed by atoms with Gasteiger partial charge in [-0.15, -0.1) is 0 Å². The Morgan fingerprint density at radius 1 is 1.03 bits per heavy atom. The number of aryl methyl sites for hydroxylation is 1. The summed E-state index contributed by atoms with van der Waals surface area (Å²) < 4.78 is 1.41. The highest BCUT2D eigenvalue weighted by Gasteiger charge is 2.52. The molecule has 2 aromatic carbocycles. The molecule has 2 unspecified atom stereocenters. The number of fused-ring (bicyclic) bond motifs is 2. The lowest BCUT2D eigenvalue weighted by Gasteiger charge is -2.30. The molecule has 2 aliphatic rings. The highest BCUT2D eigenvalue weighted by Crippen LogP contribution is 2.51. The SMILES string of the molecule is Cc1ccc(NC(=O)Cn2c3c(sc2=O)[C@@H](c2ccccc2)C2C(=O)NC(=O)C2S3)cc1. The van der Waals surface area contributed by atoms with E-state index in [1.807, 2.05) is 49.4 Å². The maximum absolute atomic E-state index is 12.9. The topological polar surface area (TPSA) is 97.3 Å². The highest BCUT2D eigenvalue weighted by molar-refractivity contribution is 8.00. The van der Waals surface area contributed by atoms with Crippen LogP contribution in [0.1, 0.15) is 21.9 Å². The number of rotatable bonds is 4. The third kappa shape index (κ3) is 3.57. The first-order valence-electron chi connectivity index (χ1n) is 10.1. The predicted octanol–water partition coefficient (Wildman–Crippen LogP) is 2.74. The van der Waals surface area contributed by atoms with Gasteiger partial charge in [0.05, 0.1) is 10.9 Å². The summed E-state index contributed by atoms with van der Waals surface area (Å²) in [6, 6.07) is 16.8. The molecule has 3 aromatic rings. The Bertz CT molecular complexity index is 1280. The van der Waals surface area contributed by atoms with Gasteiger partial charge in [-0.3, -0.25) is 29.1 Å². The van der Waals surface area contributed by atoms with E-state index in [-0.39, 0.29) is 29.1 Å². The summed E-state index contributed by atoms with van der Waals surface area (Å²) >= 11 is 2.23. The van der Waals surface area contributed by atoms with Crippen LogP contribution in [0.3, 0.4) is 0 Å². The molecule has 7 nitrogen and oxygen atoms in total. The van der Waals surface area contributed by atoms with Crippen LogP contribution in [-0.4, -0.2) is 27.5 Å². The number of nitrogens with zero attached hydrogens (tertiary/aromatic N) is 1. The summed E-state index contributed by atoms with van der Waals surface area (Å²) in [6.07, 6.45) is 0. The van der Waals surface area contributed by atoms with Crippen molar-refractivity contribution in [3.05, 3.63) is 80.3 Å². The van der Waals surface area contributed by atoms with Crippen molar-refractivity contribution in [1.82, 2.24) is 9.88 Å². The molecular weight excluding hydrogens is 446 g/mol. The minimum Gasteiger partial charge on any atom is -0.325 e. The quantitative estimate of drug-likeness (QED) is 0.578. The number of hydrogen-bond acceptors (Lipinski definition) is 6. The summed E-state index contributed by atoms with van der Waals surface area (Å²) in [6.45, 7) is 1.79. The molecule has 3 heterocycles. The molecule has 1 saturated heterocycles. The van der Waals surface area contributed by atoms with Gasteiger partial charge in [0.25, 0.3) is 0 Å². The molecule has 2 N–H and O–H groups in total. The zero-order chi connectivity index (χ0) is 22.4. The number of imide groups is 1. The minimum atomic E-state index is -0.638. The predicted molar refractivity (Wildman–Crippen MR) is 123 cm³/mol. The molecular formula is C23H19N3O4S2. The van der Waals surface area contributed by atoms with Crippen molar-refractivity contribution in [2.45, 2.75) is 29.7 Å². The summed E-state index contributed by atoms with van der Waals surface area (Å²) in [5.41, 5.74) is 2.59. The van der Waals surface area contributed by atoms with Crippen LogP contribution in [0.4, 0.5) is 5.69 Å². The first-order chi connectivity index (χ1) is 15.4. The zero-order valence-corrected chi connectivity index (χ0v) is 18.7. The lowest BCUT2D eigenvalue weighted by Crippen LogP contribution is -2.32. The number of thioether (sulfide) groups is 1. The number of carbonyl (C=O) groups is 3. The lowest BCUT2D eigenvalue weighted by atomic mass is 9.83. The van der Waals surface area contributed by atoms with E-state index < -0.39 is 17.1 Å². The van der Waals surface area contributed by atoms with E-state index in [4.69, 9.17) is 0 Å². The average molecular weight is 466 g/mol. The van der Waals surface area contributed by atoms with Gasteiger partial charge in [-0.25, -0.2) is 0 Å². The highest BCUT2D eigenvalue weighted by atomic mass is 32.2. The normalized spacial score (nSPS) is 21.6. The molecule has 162 valence electrons. The van der Waals surface area contributed by atoms with Gasteiger partial charge in [0.1, 0.15) is 11.8 Å². The second kappa shape index (κ2) is 8.07. The summed E-state index contributed by atoms with van der Waals surface area (Å²) in [5, 5.41) is 5.19. The van der Waals surface area contributed by atoms with Crippen molar-refractivity contribution in [2.24, 2.45) is 5.92 Å². The van der Waals surface area contributed by atoms with Crippen LogP contribution in [0.5, 0.6) is 0 Å². The van der Waals surface area contributed by atoms with Crippen LogP contribution in [0, 0.1) is 12.8 Å². The van der Waals surface area contributed by atoms with E-state index in [1.165, 1.54) is 16.3 Å². The van der Waals surface area contributed by atoms with Crippen LogP contribution in [0.15, 0.2) is 64.4 Å². The van der Waals surface area contributed by atoms with E-state index in [1.54, 1.807) is 12.1 Å². The van der Waals surface area contributed by atoms with Crippen molar-refractivity contribution >= 4 is 46.5 Å². The summed E-state index contributed by atoms with van der Waals surface area (Å²) in [4.78, 5) is 51.1. The molecule has 0 bridgehead atoms. The number of aromatic nitrogens is 1. The molecule has 5 rings (SSSR count). The van der Waals surface area contributed by atoms with Crippen LogP contribution >= 0.6 is 23.1 Å². The van der Waals surface area contributed by atoms with Gasteiger partial charge in [-0.1, -0.05) is 71.1 Å². The molecule has 0 radical (unpaired) electrons. The molecule has 1 aromatic heterocycles. The Morgan fingerprint density at radius 3 is 2.47 bits per heavy atom. The fourth-order valence-electron chi connectivity index (χ4n) is 4.18. The van der Waals surface area contributed by atoms with E-state index in [2.05, 4.69) is 10.6 Å². The lowest BCUT2D eigenvalue weighted by molar-refractivity contribution is -0.126. The number of hydrogen-bond donors (Lipinski definition) is 2. The number of nitrogens with one attached hydrogen (secondary N) is 2. The summed E-state index contributed by atoms with van der Waals surface area (Å²) in [7, 11) is 0. The molecule has 1 fully saturated rings. The van der Waals surface area contributed by atoms with Crippen LogP contribution in [0.25, 0.3) is 0 Å². The van der Waals surface area contributed by atoms with E-state index in [0.29, 0.717) is 10.7 Å². The largest absolute Gasteiger partial charge is 0.325 e. The molecule has 32 heavy (non-hydrogen) atoms. The number of thiazole rings is 1. The minimum absolute atomic E-state index is 0.167.